The number of hydrogen-bond acceptors (Lipinski definition) is 4. The van der Waals surface area contributed by atoms with Crippen LogP contribution in [0, 0.1) is 5.92 Å². The van der Waals surface area contributed by atoms with E-state index in [1.165, 1.54) is 29.6 Å². The van der Waals surface area contributed by atoms with E-state index in [-0.39, 0.29) is 23.7 Å². The summed E-state index contributed by atoms with van der Waals surface area (Å²) in [6.45, 7) is 0.397. The van der Waals surface area contributed by atoms with Gasteiger partial charge in [-0.05, 0) is 25.0 Å². The molecule has 0 aromatic heterocycles. The molecular weight excluding hydrogens is 318 g/mol. The van der Waals surface area contributed by atoms with Crippen LogP contribution in [0.1, 0.15) is 12.8 Å². The molecule has 1 heterocycles. The topological polar surface area (TPSA) is 83.9 Å². The first kappa shape index (κ1) is 16.1. The minimum atomic E-state index is -3.66. The monoisotopic (exact) mass is 333 g/mol. The lowest BCUT2D eigenvalue weighted by molar-refractivity contribution is -0.142. The molecule has 21 heavy (non-hydrogen) atoms. The lowest BCUT2D eigenvalue weighted by Crippen LogP contribution is -2.40. The molecule has 2 rings (SSSR count). The Labute approximate surface area is 128 Å². The second kappa shape index (κ2) is 6.21. The summed E-state index contributed by atoms with van der Waals surface area (Å²) in [7, 11) is -2.25. The molecule has 8 heteroatoms. The molecule has 1 aliphatic rings. The molecular formula is C13H16ClNO5S. The van der Waals surface area contributed by atoms with E-state index >= 15 is 0 Å². The summed E-state index contributed by atoms with van der Waals surface area (Å²) in [6.07, 6.45) is 0.637. The van der Waals surface area contributed by atoms with Crippen molar-refractivity contribution in [3.8, 4) is 5.75 Å². The van der Waals surface area contributed by atoms with Gasteiger partial charge in [-0.15, -0.1) is 0 Å². The summed E-state index contributed by atoms with van der Waals surface area (Å²) < 4.78 is 31.4. The fourth-order valence-electron chi connectivity index (χ4n) is 2.29. The third-order valence-corrected chi connectivity index (χ3v) is 5.77. The van der Waals surface area contributed by atoms with Crippen molar-refractivity contribution in [1.82, 2.24) is 4.31 Å². The van der Waals surface area contributed by atoms with Crippen molar-refractivity contribution in [1.29, 1.82) is 0 Å². The standard InChI is InChI=1S/C13H16ClNO5S/c1-20-12-8-10(2-3-11(12)14)21(18,19)15-6-4-9(5-7-15)13(16)17/h2-3,8-9H,4-7H2,1H3,(H,16,17). The van der Waals surface area contributed by atoms with Crippen molar-refractivity contribution >= 4 is 27.6 Å². The third kappa shape index (κ3) is 3.30. The van der Waals surface area contributed by atoms with Gasteiger partial charge in [0.05, 0.1) is 22.9 Å². The molecule has 1 aromatic rings. The van der Waals surface area contributed by atoms with Gasteiger partial charge in [0.15, 0.2) is 0 Å². The second-order valence-electron chi connectivity index (χ2n) is 4.81. The fourth-order valence-corrected chi connectivity index (χ4v) is 3.97. The Balaban J connectivity index is 2.21. The average molecular weight is 334 g/mol. The van der Waals surface area contributed by atoms with E-state index in [0.29, 0.717) is 17.9 Å². The van der Waals surface area contributed by atoms with Gasteiger partial charge >= 0.3 is 5.97 Å². The van der Waals surface area contributed by atoms with Gasteiger partial charge in [-0.3, -0.25) is 4.79 Å². The highest BCUT2D eigenvalue weighted by atomic mass is 35.5. The summed E-state index contributed by atoms with van der Waals surface area (Å²) in [6, 6.07) is 4.27. The SMILES string of the molecule is COc1cc(S(=O)(=O)N2CCC(C(=O)O)CC2)ccc1Cl. The number of nitrogens with zero attached hydrogens (tertiary/aromatic N) is 1. The van der Waals surface area contributed by atoms with E-state index < -0.39 is 21.9 Å². The quantitative estimate of drug-likeness (QED) is 0.908. The molecule has 0 bridgehead atoms. The molecule has 0 atom stereocenters. The van der Waals surface area contributed by atoms with Crippen LogP contribution < -0.4 is 4.74 Å². The average Bonchev–Trinajstić information content (AvgIpc) is 2.47. The lowest BCUT2D eigenvalue weighted by Gasteiger charge is -2.29. The van der Waals surface area contributed by atoms with Gasteiger partial charge in [0.25, 0.3) is 0 Å². The first-order valence-corrected chi connectivity index (χ1v) is 8.24. The van der Waals surface area contributed by atoms with Crippen LogP contribution in [-0.2, 0) is 14.8 Å². The third-order valence-electron chi connectivity index (χ3n) is 3.56. The van der Waals surface area contributed by atoms with E-state index in [1.54, 1.807) is 0 Å². The number of carboxylic acids is 1. The molecule has 1 N–H and O–H groups in total. The largest absolute Gasteiger partial charge is 0.495 e. The molecule has 0 radical (unpaired) electrons. The highest BCUT2D eigenvalue weighted by Crippen LogP contribution is 2.30. The van der Waals surface area contributed by atoms with Crippen LogP contribution in [0.15, 0.2) is 23.1 Å². The van der Waals surface area contributed by atoms with Crippen LogP contribution in [0.5, 0.6) is 5.75 Å². The molecule has 0 spiro atoms. The van der Waals surface area contributed by atoms with Gasteiger partial charge in [0.1, 0.15) is 5.75 Å². The Bertz CT molecular complexity index is 638. The first-order valence-electron chi connectivity index (χ1n) is 6.42. The summed E-state index contributed by atoms with van der Waals surface area (Å²) in [5.41, 5.74) is 0. The van der Waals surface area contributed by atoms with Crippen molar-refractivity contribution < 1.29 is 23.1 Å². The number of benzene rings is 1. The van der Waals surface area contributed by atoms with Crippen LogP contribution in [-0.4, -0.2) is 44.0 Å². The zero-order valence-electron chi connectivity index (χ0n) is 11.5. The zero-order chi connectivity index (χ0) is 15.6. The minimum Gasteiger partial charge on any atom is -0.495 e. The number of methoxy groups -OCH3 is 1. The minimum absolute atomic E-state index is 0.0949. The molecule has 116 valence electrons. The van der Waals surface area contributed by atoms with E-state index in [1.807, 2.05) is 0 Å². The van der Waals surface area contributed by atoms with Crippen molar-refractivity contribution in [2.75, 3.05) is 20.2 Å². The Hall–Kier alpha value is -1.31. The predicted octanol–water partition coefficient (Wildman–Crippen LogP) is 1.83. The number of piperidine rings is 1. The van der Waals surface area contributed by atoms with Crippen LogP contribution >= 0.6 is 11.6 Å². The number of ether oxygens (including phenoxy) is 1. The number of sulfonamides is 1. The van der Waals surface area contributed by atoms with Crippen LogP contribution in [0.4, 0.5) is 0 Å². The summed E-state index contributed by atoms with van der Waals surface area (Å²) in [4.78, 5) is 11.0. The number of carboxylic acid groups (broad SMARTS) is 1. The second-order valence-corrected chi connectivity index (χ2v) is 7.16. The van der Waals surface area contributed by atoms with Gasteiger partial charge < -0.3 is 9.84 Å². The molecule has 0 aliphatic carbocycles. The predicted molar refractivity (Wildman–Crippen MR) is 77.1 cm³/mol. The molecule has 1 saturated heterocycles. The Morgan fingerprint density at radius 2 is 2.00 bits per heavy atom. The van der Waals surface area contributed by atoms with E-state index in [2.05, 4.69) is 0 Å². The van der Waals surface area contributed by atoms with E-state index in [9.17, 15) is 13.2 Å². The van der Waals surface area contributed by atoms with Crippen LogP contribution in [0.25, 0.3) is 0 Å². The fraction of sp³-hybridized carbons (Fsp3) is 0.462. The van der Waals surface area contributed by atoms with Crippen molar-refractivity contribution in [2.45, 2.75) is 17.7 Å². The van der Waals surface area contributed by atoms with Gasteiger partial charge in [0, 0.05) is 19.2 Å². The number of halogens is 1. The zero-order valence-corrected chi connectivity index (χ0v) is 13.0. The molecule has 1 aliphatic heterocycles. The Kier molecular flexibility index (Phi) is 4.75. The summed E-state index contributed by atoms with van der Waals surface area (Å²) in [5.74, 6) is -1.06. The maximum absolute atomic E-state index is 12.5. The Morgan fingerprint density at radius 3 is 2.52 bits per heavy atom. The number of carbonyl (C=O) groups is 1. The maximum atomic E-state index is 12.5. The lowest BCUT2D eigenvalue weighted by atomic mass is 9.99. The normalized spacial score (nSPS) is 17.6. The number of rotatable bonds is 4. The summed E-state index contributed by atoms with van der Waals surface area (Å²) >= 11 is 5.89. The molecule has 1 aromatic carbocycles. The molecule has 0 amide bonds. The highest BCUT2D eigenvalue weighted by Gasteiger charge is 2.32. The van der Waals surface area contributed by atoms with Crippen molar-refractivity contribution in [3.05, 3.63) is 23.2 Å². The van der Waals surface area contributed by atoms with E-state index in [4.69, 9.17) is 21.4 Å². The molecule has 0 unspecified atom stereocenters. The first-order chi connectivity index (χ1) is 9.86. The molecule has 1 fully saturated rings. The molecule has 0 saturated carbocycles. The smallest absolute Gasteiger partial charge is 0.306 e. The maximum Gasteiger partial charge on any atom is 0.306 e. The summed E-state index contributed by atoms with van der Waals surface area (Å²) in [5, 5.41) is 9.28. The highest BCUT2D eigenvalue weighted by molar-refractivity contribution is 7.89. The molecule has 6 nitrogen and oxygen atoms in total. The van der Waals surface area contributed by atoms with Gasteiger partial charge in [-0.25, -0.2) is 8.42 Å². The number of aliphatic carboxylic acids is 1. The number of hydrogen-bond donors (Lipinski definition) is 1. The van der Waals surface area contributed by atoms with Gasteiger partial charge in [-0.2, -0.15) is 4.31 Å². The van der Waals surface area contributed by atoms with Crippen LogP contribution in [0.2, 0.25) is 5.02 Å². The Morgan fingerprint density at radius 1 is 1.38 bits per heavy atom. The van der Waals surface area contributed by atoms with Gasteiger partial charge in [0.2, 0.25) is 10.0 Å². The van der Waals surface area contributed by atoms with Crippen LogP contribution in [0.3, 0.4) is 0 Å². The van der Waals surface area contributed by atoms with Crippen molar-refractivity contribution in [3.63, 3.8) is 0 Å². The van der Waals surface area contributed by atoms with Crippen molar-refractivity contribution in [2.24, 2.45) is 5.92 Å². The van der Waals surface area contributed by atoms with E-state index in [0.717, 1.165) is 0 Å². The van der Waals surface area contributed by atoms with Gasteiger partial charge in [-0.1, -0.05) is 11.6 Å².